The molecule has 3 saturated heterocycles. The SMILES string of the molecule is CC1C(NC(=O)c2cc3sc(NC(=O)c4ccccc4)cc3cn2)C2CCN1CC2. The minimum absolute atomic E-state index is 0.120. The quantitative estimate of drug-likeness (QED) is 0.674. The van der Waals surface area contributed by atoms with Crippen LogP contribution < -0.4 is 10.6 Å². The van der Waals surface area contributed by atoms with Gasteiger partial charge in [0.2, 0.25) is 0 Å². The van der Waals surface area contributed by atoms with Crippen molar-refractivity contribution in [3.63, 3.8) is 0 Å². The van der Waals surface area contributed by atoms with Crippen molar-refractivity contribution in [1.82, 2.24) is 15.2 Å². The van der Waals surface area contributed by atoms with Crippen molar-refractivity contribution in [3.05, 3.63) is 59.9 Å². The van der Waals surface area contributed by atoms with Crippen LogP contribution in [0, 0.1) is 5.92 Å². The number of nitrogens with one attached hydrogen (secondary N) is 2. The first kappa shape index (κ1) is 19.2. The molecule has 7 heteroatoms. The van der Waals surface area contributed by atoms with Crippen molar-refractivity contribution in [1.29, 1.82) is 0 Å². The molecule has 3 fully saturated rings. The highest BCUT2D eigenvalue weighted by Gasteiger charge is 2.40. The fourth-order valence-electron chi connectivity index (χ4n) is 4.66. The van der Waals surface area contributed by atoms with Gasteiger partial charge in [0.15, 0.2) is 0 Å². The van der Waals surface area contributed by atoms with Crippen LogP contribution in [0.5, 0.6) is 0 Å². The van der Waals surface area contributed by atoms with Crippen molar-refractivity contribution in [2.45, 2.75) is 31.8 Å². The molecule has 2 unspecified atom stereocenters. The van der Waals surface area contributed by atoms with Gasteiger partial charge in [-0.3, -0.25) is 19.5 Å². The number of carbonyl (C=O) groups excluding carboxylic acids is 2. The van der Waals surface area contributed by atoms with Crippen LogP contribution in [0.25, 0.3) is 10.1 Å². The van der Waals surface area contributed by atoms with Crippen LogP contribution in [0.3, 0.4) is 0 Å². The molecule has 154 valence electrons. The highest BCUT2D eigenvalue weighted by Crippen LogP contribution is 2.33. The fraction of sp³-hybridized carbons (Fsp3) is 0.348. The standard InChI is InChI=1S/C23H24N4O2S/c1-14-21(15-7-9-27(14)10-8-15)26-23(29)18-12-19-17(13-24-18)11-20(30-19)25-22(28)16-5-3-2-4-6-16/h2-6,11-15,21H,7-10H2,1H3,(H,25,28)(H,26,29). The lowest BCUT2D eigenvalue weighted by Crippen LogP contribution is -2.62. The Bertz CT molecular complexity index is 1090. The Balaban J connectivity index is 1.31. The van der Waals surface area contributed by atoms with E-state index in [0.29, 0.717) is 23.2 Å². The van der Waals surface area contributed by atoms with E-state index in [4.69, 9.17) is 0 Å². The number of rotatable bonds is 4. The predicted molar refractivity (Wildman–Crippen MR) is 119 cm³/mol. The maximum absolute atomic E-state index is 12.9. The molecule has 3 aliphatic rings. The third-order valence-corrected chi connectivity index (χ3v) is 7.40. The van der Waals surface area contributed by atoms with E-state index in [9.17, 15) is 9.59 Å². The summed E-state index contributed by atoms with van der Waals surface area (Å²) in [4.78, 5) is 32.1. The summed E-state index contributed by atoms with van der Waals surface area (Å²) in [6, 6.07) is 13.4. The number of amides is 2. The Labute approximate surface area is 179 Å². The summed E-state index contributed by atoms with van der Waals surface area (Å²) in [5.41, 5.74) is 1.04. The van der Waals surface area contributed by atoms with Gasteiger partial charge in [0.25, 0.3) is 11.8 Å². The van der Waals surface area contributed by atoms with Crippen LogP contribution in [0.2, 0.25) is 0 Å². The molecule has 0 radical (unpaired) electrons. The summed E-state index contributed by atoms with van der Waals surface area (Å²) in [6.07, 6.45) is 4.01. The smallest absolute Gasteiger partial charge is 0.270 e. The number of benzene rings is 1. The summed E-state index contributed by atoms with van der Waals surface area (Å²) < 4.78 is 0.931. The molecule has 2 N–H and O–H groups in total. The number of aromatic nitrogens is 1. The van der Waals surface area contributed by atoms with E-state index in [-0.39, 0.29) is 17.9 Å². The van der Waals surface area contributed by atoms with E-state index in [0.717, 1.165) is 41.0 Å². The van der Waals surface area contributed by atoms with Gasteiger partial charge < -0.3 is 10.6 Å². The zero-order valence-electron chi connectivity index (χ0n) is 16.8. The lowest BCUT2D eigenvalue weighted by molar-refractivity contribution is 0.0216. The molecule has 2 aromatic heterocycles. The number of piperidine rings is 3. The topological polar surface area (TPSA) is 74.3 Å². The maximum Gasteiger partial charge on any atom is 0.270 e. The van der Waals surface area contributed by atoms with Crippen LogP contribution >= 0.6 is 11.3 Å². The van der Waals surface area contributed by atoms with Gasteiger partial charge >= 0.3 is 0 Å². The summed E-state index contributed by atoms with van der Waals surface area (Å²) in [5.74, 6) is 0.286. The minimum atomic E-state index is -0.149. The Morgan fingerprint density at radius 1 is 1.10 bits per heavy atom. The lowest BCUT2D eigenvalue weighted by atomic mass is 9.79. The first-order valence-electron chi connectivity index (χ1n) is 10.4. The predicted octanol–water partition coefficient (Wildman–Crippen LogP) is 3.76. The van der Waals surface area contributed by atoms with E-state index < -0.39 is 0 Å². The van der Waals surface area contributed by atoms with Crippen molar-refractivity contribution >= 4 is 38.2 Å². The number of thiophene rings is 1. The summed E-state index contributed by atoms with van der Waals surface area (Å²) in [6.45, 7) is 4.47. The maximum atomic E-state index is 12.9. The van der Waals surface area contributed by atoms with E-state index in [1.807, 2.05) is 30.3 Å². The lowest BCUT2D eigenvalue weighted by Gasteiger charge is -2.49. The molecular weight excluding hydrogens is 396 g/mol. The Morgan fingerprint density at radius 2 is 1.87 bits per heavy atom. The molecule has 30 heavy (non-hydrogen) atoms. The van der Waals surface area contributed by atoms with Gasteiger partial charge in [0, 0.05) is 33.9 Å². The fourth-order valence-corrected chi connectivity index (χ4v) is 5.63. The van der Waals surface area contributed by atoms with Gasteiger partial charge in [-0.2, -0.15) is 0 Å². The Kier molecular flexibility index (Phi) is 5.00. The van der Waals surface area contributed by atoms with Crippen LogP contribution in [0.4, 0.5) is 5.00 Å². The van der Waals surface area contributed by atoms with Crippen molar-refractivity contribution < 1.29 is 9.59 Å². The third kappa shape index (κ3) is 3.59. The summed E-state index contributed by atoms with van der Waals surface area (Å²) in [7, 11) is 0. The van der Waals surface area contributed by atoms with E-state index in [2.05, 4.69) is 27.4 Å². The van der Waals surface area contributed by atoms with Gasteiger partial charge in [-0.1, -0.05) is 18.2 Å². The molecule has 1 aromatic carbocycles. The molecule has 6 nitrogen and oxygen atoms in total. The van der Waals surface area contributed by atoms with Crippen molar-refractivity contribution in [2.24, 2.45) is 5.92 Å². The number of hydrogen-bond donors (Lipinski definition) is 2. The van der Waals surface area contributed by atoms with Crippen molar-refractivity contribution in [3.8, 4) is 0 Å². The number of carbonyl (C=O) groups is 2. The monoisotopic (exact) mass is 420 g/mol. The van der Waals surface area contributed by atoms with Gasteiger partial charge in [-0.05, 0) is 63.0 Å². The first-order valence-corrected chi connectivity index (χ1v) is 11.2. The van der Waals surface area contributed by atoms with Crippen molar-refractivity contribution in [2.75, 3.05) is 18.4 Å². The largest absolute Gasteiger partial charge is 0.346 e. The molecule has 5 heterocycles. The van der Waals surface area contributed by atoms with Crippen LogP contribution in [-0.4, -0.2) is 46.9 Å². The third-order valence-electron chi connectivity index (χ3n) is 6.38. The normalized spacial score (nSPS) is 25.2. The zero-order valence-corrected chi connectivity index (χ0v) is 17.6. The molecule has 3 aliphatic heterocycles. The molecule has 2 bridgehead atoms. The molecule has 6 rings (SSSR count). The molecule has 2 amide bonds. The second-order valence-corrected chi connectivity index (χ2v) is 9.24. The van der Waals surface area contributed by atoms with Crippen LogP contribution in [0.1, 0.15) is 40.6 Å². The highest BCUT2D eigenvalue weighted by molar-refractivity contribution is 7.23. The number of hydrogen-bond acceptors (Lipinski definition) is 5. The van der Waals surface area contributed by atoms with Crippen LogP contribution in [-0.2, 0) is 0 Å². The van der Waals surface area contributed by atoms with E-state index >= 15 is 0 Å². The molecule has 3 aromatic rings. The zero-order chi connectivity index (χ0) is 20.7. The van der Waals surface area contributed by atoms with Gasteiger partial charge in [-0.25, -0.2) is 0 Å². The number of anilines is 1. The molecule has 0 saturated carbocycles. The molecule has 0 spiro atoms. The average Bonchev–Trinajstić information content (AvgIpc) is 3.18. The molecule has 2 atom stereocenters. The number of pyridine rings is 1. The Hall–Kier alpha value is -2.77. The highest BCUT2D eigenvalue weighted by atomic mass is 32.1. The number of nitrogens with zero attached hydrogens (tertiary/aromatic N) is 2. The van der Waals surface area contributed by atoms with Gasteiger partial charge in [0.1, 0.15) is 5.69 Å². The van der Waals surface area contributed by atoms with Gasteiger partial charge in [0.05, 0.1) is 5.00 Å². The molecular formula is C23H24N4O2S. The Morgan fingerprint density at radius 3 is 2.60 bits per heavy atom. The van der Waals surface area contributed by atoms with E-state index in [1.165, 1.54) is 11.3 Å². The minimum Gasteiger partial charge on any atom is -0.346 e. The second kappa shape index (κ2) is 7.81. The summed E-state index contributed by atoms with van der Waals surface area (Å²) in [5, 5.41) is 7.82. The first-order chi connectivity index (χ1) is 14.6. The molecule has 0 aliphatic carbocycles. The van der Waals surface area contributed by atoms with E-state index in [1.54, 1.807) is 18.3 Å². The number of fused-ring (bicyclic) bond motifs is 4. The van der Waals surface area contributed by atoms with Gasteiger partial charge in [-0.15, -0.1) is 11.3 Å². The average molecular weight is 421 g/mol. The second-order valence-electron chi connectivity index (χ2n) is 8.15. The summed E-state index contributed by atoms with van der Waals surface area (Å²) >= 11 is 1.45. The van der Waals surface area contributed by atoms with Crippen LogP contribution in [0.15, 0.2) is 48.7 Å².